The molecule has 2 aromatic carbocycles. The van der Waals surface area contributed by atoms with Crippen molar-refractivity contribution in [2.24, 2.45) is 5.41 Å². The smallest absolute Gasteiger partial charge is 0.243 e. The van der Waals surface area contributed by atoms with Crippen molar-refractivity contribution >= 4 is 31.9 Å². The van der Waals surface area contributed by atoms with E-state index in [1.54, 1.807) is 38.1 Å². The van der Waals surface area contributed by atoms with Crippen molar-refractivity contribution in [2.45, 2.75) is 38.0 Å². The first-order chi connectivity index (χ1) is 13.1. The Morgan fingerprint density at radius 1 is 0.786 bits per heavy atom. The maximum atomic E-state index is 12.0. The summed E-state index contributed by atoms with van der Waals surface area (Å²) >= 11 is 6.74. The highest BCUT2D eigenvalue weighted by atomic mass is 79.9. The van der Waals surface area contributed by atoms with Crippen LogP contribution in [0.1, 0.15) is 37.1 Å². The number of rotatable bonds is 4. The molecule has 0 aromatic heterocycles. The fourth-order valence-corrected chi connectivity index (χ4v) is 4.62. The van der Waals surface area contributed by atoms with Crippen LogP contribution in [0.2, 0.25) is 0 Å². The number of nitro groups is 2. The number of benzene rings is 2. The van der Waals surface area contributed by atoms with Gasteiger partial charge >= 0.3 is 0 Å². The van der Waals surface area contributed by atoms with Gasteiger partial charge in [-0.15, -0.1) is 0 Å². The average molecular weight is 513 g/mol. The van der Waals surface area contributed by atoms with Crippen LogP contribution in [-0.4, -0.2) is 21.9 Å². The van der Waals surface area contributed by atoms with Crippen LogP contribution in [-0.2, 0) is 0 Å². The lowest BCUT2D eigenvalue weighted by Gasteiger charge is -2.44. The SMILES string of the molecule is CC1(C)[C@H]([N+](=O)[O-])[C@H](c2ccc(Br)cc2)N[C@@H](c2ccc(Br)cc2)[C@H]1[N+](=O)[O-]. The van der Waals surface area contributed by atoms with E-state index in [1.165, 1.54) is 0 Å². The zero-order valence-corrected chi connectivity index (χ0v) is 18.4. The molecule has 2 aromatic rings. The Balaban J connectivity index is 2.14. The van der Waals surface area contributed by atoms with E-state index in [9.17, 15) is 20.2 Å². The van der Waals surface area contributed by atoms with Crippen LogP contribution in [0.3, 0.4) is 0 Å². The number of nitrogens with one attached hydrogen (secondary N) is 1. The topological polar surface area (TPSA) is 98.3 Å². The molecule has 0 aliphatic carbocycles. The molecule has 0 saturated carbocycles. The van der Waals surface area contributed by atoms with E-state index in [1.807, 2.05) is 24.3 Å². The van der Waals surface area contributed by atoms with E-state index in [4.69, 9.17) is 0 Å². The average Bonchev–Trinajstić information content (AvgIpc) is 2.60. The Kier molecular flexibility index (Phi) is 5.88. The molecule has 1 aliphatic rings. The number of piperidine rings is 1. The van der Waals surface area contributed by atoms with E-state index >= 15 is 0 Å². The van der Waals surface area contributed by atoms with Crippen LogP contribution < -0.4 is 5.32 Å². The van der Waals surface area contributed by atoms with Crippen LogP contribution in [0.4, 0.5) is 0 Å². The molecular formula is C19H19Br2N3O4. The molecule has 1 N–H and O–H groups in total. The Morgan fingerprint density at radius 3 is 1.39 bits per heavy atom. The maximum absolute atomic E-state index is 12.0. The van der Waals surface area contributed by atoms with E-state index < -0.39 is 39.4 Å². The largest absolute Gasteiger partial charge is 0.291 e. The predicted molar refractivity (Wildman–Crippen MR) is 112 cm³/mol. The van der Waals surface area contributed by atoms with Gasteiger partial charge in [-0.1, -0.05) is 56.1 Å². The number of halogens is 2. The minimum atomic E-state index is -1.19. The van der Waals surface area contributed by atoms with Crippen molar-refractivity contribution in [3.8, 4) is 0 Å². The van der Waals surface area contributed by atoms with Crippen molar-refractivity contribution < 1.29 is 9.85 Å². The van der Waals surface area contributed by atoms with Gasteiger partial charge < -0.3 is 0 Å². The number of hydrogen-bond acceptors (Lipinski definition) is 5. The summed E-state index contributed by atoms with van der Waals surface area (Å²) in [5.41, 5.74) is 0.261. The van der Waals surface area contributed by atoms with Gasteiger partial charge in [-0.05, 0) is 49.2 Å². The second kappa shape index (κ2) is 7.88. The van der Waals surface area contributed by atoms with Crippen LogP contribution >= 0.6 is 31.9 Å². The first kappa shape index (κ1) is 20.9. The lowest BCUT2D eigenvalue weighted by atomic mass is 9.66. The molecule has 3 rings (SSSR count). The summed E-state index contributed by atoms with van der Waals surface area (Å²) in [6, 6.07) is 10.8. The summed E-state index contributed by atoms with van der Waals surface area (Å²) in [5, 5.41) is 27.2. The standard InChI is InChI=1S/C19H19Br2N3O4/c1-19(2)17(23(25)26)15(11-3-7-13(20)8-4-11)22-16(18(19)24(27)28)12-5-9-14(21)10-6-12/h3-10,15-18,22H,1-2H3/t15-,16-,17+,18+/m0/s1. The summed E-state index contributed by atoms with van der Waals surface area (Å²) in [4.78, 5) is 23.2. The molecule has 7 nitrogen and oxygen atoms in total. The summed E-state index contributed by atoms with van der Waals surface area (Å²) in [6.45, 7) is 3.24. The lowest BCUT2D eigenvalue weighted by Crippen LogP contribution is -2.63. The summed E-state index contributed by atoms with van der Waals surface area (Å²) in [7, 11) is 0. The van der Waals surface area contributed by atoms with Gasteiger partial charge in [-0.2, -0.15) is 0 Å². The second-order valence-electron chi connectivity index (χ2n) is 7.51. The molecule has 0 radical (unpaired) electrons. The highest BCUT2D eigenvalue weighted by Crippen LogP contribution is 2.47. The molecule has 28 heavy (non-hydrogen) atoms. The van der Waals surface area contributed by atoms with Crippen LogP contribution in [0.25, 0.3) is 0 Å². The third kappa shape index (κ3) is 3.83. The van der Waals surface area contributed by atoms with Crippen molar-refractivity contribution in [3.63, 3.8) is 0 Å². The van der Waals surface area contributed by atoms with Gasteiger partial charge in [-0.3, -0.25) is 25.5 Å². The summed E-state index contributed by atoms with van der Waals surface area (Å²) in [5.74, 6) is 0. The molecule has 0 amide bonds. The molecule has 1 fully saturated rings. The minimum Gasteiger partial charge on any atom is -0.291 e. The van der Waals surface area contributed by atoms with Gasteiger partial charge in [-0.25, -0.2) is 0 Å². The fourth-order valence-electron chi connectivity index (χ4n) is 4.09. The lowest BCUT2D eigenvalue weighted by molar-refractivity contribution is -0.605. The Morgan fingerprint density at radius 2 is 1.11 bits per heavy atom. The minimum absolute atomic E-state index is 0.395. The van der Waals surface area contributed by atoms with Gasteiger partial charge in [0.2, 0.25) is 12.1 Å². The van der Waals surface area contributed by atoms with E-state index in [2.05, 4.69) is 37.2 Å². The van der Waals surface area contributed by atoms with Crippen molar-refractivity contribution in [1.29, 1.82) is 0 Å². The monoisotopic (exact) mass is 511 g/mol. The van der Waals surface area contributed by atoms with E-state index in [0.717, 1.165) is 20.1 Å². The number of hydrogen-bond donors (Lipinski definition) is 1. The van der Waals surface area contributed by atoms with E-state index in [-0.39, 0.29) is 0 Å². The first-order valence-electron chi connectivity index (χ1n) is 8.67. The molecule has 1 heterocycles. The predicted octanol–water partition coefficient (Wildman–Crippen LogP) is 4.91. The van der Waals surface area contributed by atoms with Gasteiger partial charge in [0.15, 0.2) is 0 Å². The van der Waals surface area contributed by atoms with Gasteiger partial charge in [0, 0.05) is 18.8 Å². The normalized spacial score (nSPS) is 26.6. The van der Waals surface area contributed by atoms with Gasteiger partial charge in [0.1, 0.15) is 17.5 Å². The van der Waals surface area contributed by atoms with Crippen LogP contribution in [0.5, 0.6) is 0 Å². The highest BCUT2D eigenvalue weighted by Gasteiger charge is 2.62. The quantitative estimate of drug-likeness (QED) is 0.463. The molecule has 1 aliphatic heterocycles. The third-order valence-electron chi connectivity index (χ3n) is 5.43. The Bertz CT molecular complexity index is 816. The molecule has 9 heteroatoms. The number of nitrogens with zero attached hydrogens (tertiary/aromatic N) is 2. The molecular weight excluding hydrogens is 494 g/mol. The highest BCUT2D eigenvalue weighted by molar-refractivity contribution is 9.10. The zero-order valence-electron chi connectivity index (χ0n) is 15.2. The van der Waals surface area contributed by atoms with Crippen molar-refractivity contribution in [1.82, 2.24) is 5.32 Å². The molecule has 0 unspecified atom stereocenters. The molecule has 0 bridgehead atoms. The second-order valence-corrected chi connectivity index (χ2v) is 9.34. The maximum Gasteiger partial charge on any atom is 0.243 e. The van der Waals surface area contributed by atoms with Crippen LogP contribution in [0.15, 0.2) is 57.5 Å². The Labute approximate surface area is 179 Å². The molecule has 1 saturated heterocycles. The van der Waals surface area contributed by atoms with Crippen molar-refractivity contribution in [3.05, 3.63) is 88.8 Å². The van der Waals surface area contributed by atoms with Gasteiger partial charge in [0.05, 0.1) is 0 Å². The molecule has 0 spiro atoms. The first-order valence-corrected chi connectivity index (χ1v) is 10.3. The molecule has 4 atom stereocenters. The molecule has 148 valence electrons. The van der Waals surface area contributed by atoms with Gasteiger partial charge in [0.25, 0.3) is 0 Å². The van der Waals surface area contributed by atoms with Crippen molar-refractivity contribution in [2.75, 3.05) is 0 Å². The Hall–Kier alpha value is -1.84. The summed E-state index contributed by atoms with van der Waals surface area (Å²) < 4.78 is 1.72. The van der Waals surface area contributed by atoms with E-state index in [0.29, 0.717) is 0 Å². The fraction of sp³-hybridized carbons (Fsp3) is 0.368. The van der Waals surface area contributed by atoms with Crippen LogP contribution in [0, 0.1) is 25.6 Å². The third-order valence-corrected chi connectivity index (χ3v) is 6.49. The summed E-state index contributed by atoms with van der Waals surface area (Å²) in [6.07, 6.45) is 0. The zero-order chi connectivity index (χ0) is 20.6.